The number of pyridine rings is 1. The van der Waals surface area contributed by atoms with Crippen LogP contribution in [0.4, 0.5) is 0 Å². The summed E-state index contributed by atoms with van der Waals surface area (Å²) in [5.41, 5.74) is 2.42. The molecule has 2 aromatic rings. The third kappa shape index (κ3) is 2.33. The van der Waals surface area contributed by atoms with E-state index in [-0.39, 0.29) is 5.78 Å². The van der Waals surface area contributed by atoms with E-state index in [9.17, 15) is 4.79 Å². The van der Waals surface area contributed by atoms with Crippen LogP contribution in [0.15, 0.2) is 23.7 Å². The normalized spacial score (nSPS) is 10.4. The molecule has 3 nitrogen and oxygen atoms in total. The van der Waals surface area contributed by atoms with Gasteiger partial charge in [-0.1, -0.05) is 6.07 Å². The van der Waals surface area contributed by atoms with E-state index >= 15 is 0 Å². The zero-order chi connectivity index (χ0) is 11.5. The third-order valence-corrected chi connectivity index (χ3v) is 3.12. The molecule has 0 aliphatic rings. The van der Waals surface area contributed by atoms with Crippen LogP contribution in [0.2, 0.25) is 0 Å². The lowest BCUT2D eigenvalue weighted by Gasteiger charge is -2.01. The Morgan fingerprint density at radius 1 is 1.44 bits per heavy atom. The van der Waals surface area contributed by atoms with Crippen molar-refractivity contribution in [3.05, 3.63) is 45.7 Å². The SMILES string of the molecule is Cc1nc(C(=O)Cc2ncccc2C)cs1. The van der Waals surface area contributed by atoms with E-state index in [0.29, 0.717) is 12.1 Å². The number of nitrogens with zero attached hydrogens (tertiary/aromatic N) is 2. The molecule has 82 valence electrons. The molecule has 0 aliphatic heterocycles. The Balaban J connectivity index is 2.17. The van der Waals surface area contributed by atoms with E-state index in [2.05, 4.69) is 9.97 Å². The largest absolute Gasteiger partial charge is 0.292 e. The first-order valence-electron chi connectivity index (χ1n) is 5.02. The van der Waals surface area contributed by atoms with Crippen molar-refractivity contribution in [1.82, 2.24) is 9.97 Å². The minimum Gasteiger partial charge on any atom is -0.292 e. The van der Waals surface area contributed by atoms with Gasteiger partial charge >= 0.3 is 0 Å². The van der Waals surface area contributed by atoms with Gasteiger partial charge in [0, 0.05) is 11.6 Å². The highest BCUT2D eigenvalue weighted by atomic mass is 32.1. The maximum Gasteiger partial charge on any atom is 0.187 e. The summed E-state index contributed by atoms with van der Waals surface area (Å²) in [5.74, 6) is 0.0335. The molecule has 0 fully saturated rings. The van der Waals surface area contributed by atoms with Crippen LogP contribution in [0, 0.1) is 13.8 Å². The fourth-order valence-corrected chi connectivity index (χ4v) is 2.05. The van der Waals surface area contributed by atoms with Crippen LogP contribution in [0.3, 0.4) is 0 Å². The van der Waals surface area contributed by atoms with E-state index in [0.717, 1.165) is 16.3 Å². The van der Waals surface area contributed by atoms with Gasteiger partial charge in [-0.25, -0.2) is 4.98 Å². The Labute approximate surface area is 98.2 Å². The smallest absolute Gasteiger partial charge is 0.187 e. The van der Waals surface area contributed by atoms with Crippen molar-refractivity contribution in [2.75, 3.05) is 0 Å². The number of aromatic nitrogens is 2. The summed E-state index contributed by atoms with van der Waals surface area (Å²) in [6.07, 6.45) is 2.04. The van der Waals surface area contributed by atoms with Gasteiger partial charge in [0.1, 0.15) is 5.69 Å². The summed E-state index contributed by atoms with van der Waals surface area (Å²) in [5, 5.41) is 2.72. The third-order valence-electron chi connectivity index (χ3n) is 2.35. The first-order chi connectivity index (χ1) is 7.66. The van der Waals surface area contributed by atoms with E-state index in [1.54, 1.807) is 11.6 Å². The van der Waals surface area contributed by atoms with Crippen molar-refractivity contribution in [2.24, 2.45) is 0 Å². The molecule has 4 heteroatoms. The quantitative estimate of drug-likeness (QED) is 0.764. The minimum absolute atomic E-state index is 0.0335. The second kappa shape index (κ2) is 4.53. The van der Waals surface area contributed by atoms with Gasteiger partial charge in [-0.05, 0) is 25.5 Å². The topological polar surface area (TPSA) is 42.9 Å². The van der Waals surface area contributed by atoms with Crippen LogP contribution in [0.1, 0.15) is 26.8 Å². The number of ketones is 1. The molecule has 0 aliphatic carbocycles. The molecule has 0 spiro atoms. The predicted molar refractivity (Wildman–Crippen MR) is 63.9 cm³/mol. The molecule has 0 atom stereocenters. The Morgan fingerprint density at radius 3 is 2.88 bits per heavy atom. The maximum absolute atomic E-state index is 11.9. The summed E-state index contributed by atoms with van der Waals surface area (Å²) >= 11 is 1.50. The molecular formula is C12H12N2OS. The van der Waals surface area contributed by atoms with Gasteiger partial charge < -0.3 is 0 Å². The summed E-state index contributed by atoms with van der Waals surface area (Å²) in [4.78, 5) is 20.3. The van der Waals surface area contributed by atoms with Crippen LogP contribution in [-0.4, -0.2) is 15.8 Å². The molecule has 0 N–H and O–H groups in total. The van der Waals surface area contributed by atoms with Gasteiger partial charge in [0.15, 0.2) is 5.78 Å². The predicted octanol–water partition coefficient (Wildman–Crippen LogP) is 2.58. The van der Waals surface area contributed by atoms with Gasteiger partial charge in [-0.3, -0.25) is 9.78 Å². The van der Waals surface area contributed by atoms with Crippen LogP contribution in [0.5, 0.6) is 0 Å². The first-order valence-corrected chi connectivity index (χ1v) is 5.90. The number of Topliss-reactive ketones (excluding diaryl/α,β-unsaturated/α-hetero) is 1. The van der Waals surface area contributed by atoms with Crippen LogP contribution in [0.25, 0.3) is 0 Å². The van der Waals surface area contributed by atoms with Crippen molar-refractivity contribution in [3.63, 3.8) is 0 Å². The summed E-state index contributed by atoms with van der Waals surface area (Å²) < 4.78 is 0. The minimum atomic E-state index is 0.0335. The average Bonchev–Trinajstić information content (AvgIpc) is 2.68. The number of rotatable bonds is 3. The summed E-state index contributed by atoms with van der Waals surface area (Å²) in [6, 6.07) is 3.83. The number of aryl methyl sites for hydroxylation is 2. The highest BCUT2D eigenvalue weighted by Crippen LogP contribution is 2.12. The van der Waals surface area contributed by atoms with Crippen LogP contribution < -0.4 is 0 Å². The van der Waals surface area contributed by atoms with E-state index < -0.39 is 0 Å². The van der Waals surface area contributed by atoms with Crippen LogP contribution >= 0.6 is 11.3 Å². The maximum atomic E-state index is 11.9. The highest BCUT2D eigenvalue weighted by Gasteiger charge is 2.12. The lowest BCUT2D eigenvalue weighted by molar-refractivity contribution is 0.0987. The lowest BCUT2D eigenvalue weighted by atomic mass is 10.1. The molecule has 0 saturated heterocycles. The van der Waals surface area contributed by atoms with Crippen LogP contribution in [-0.2, 0) is 6.42 Å². The van der Waals surface area contributed by atoms with E-state index in [1.807, 2.05) is 26.0 Å². The number of carbonyl (C=O) groups excluding carboxylic acids is 1. The number of hydrogen-bond acceptors (Lipinski definition) is 4. The average molecular weight is 232 g/mol. The molecule has 2 heterocycles. The van der Waals surface area contributed by atoms with Crippen molar-refractivity contribution >= 4 is 17.1 Å². The molecule has 0 saturated carbocycles. The lowest BCUT2D eigenvalue weighted by Crippen LogP contribution is -2.06. The van der Waals surface area contributed by atoms with Crippen molar-refractivity contribution in [2.45, 2.75) is 20.3 Å². The standard InChI is InChI=1S/C12H12N2OS/c1-8-4-3-5-13-10(8)6-12(15)11-7-16-9(2)14-11/h3-5,7H,6H2,1-2H3. The second-order valence-corrected chi connectivity index (χ2v) is 4.68. The second-order valence-electron chi connectivity index (χ2n) is 3.62. The molecule has 2 aromatic heterocycles. The molecule has 0 radical (unpaired) electrons. The Kier molecular flexibility index (Phi) is 3.10. The zero-order valence-electron chi connectivity index (χ0n) is 9.23. The molecule has 16 heavy (non-hydrogen) atoms. The molecule has 0 unspecified atom stereocenters. The van der Waals surface area contributed by atoms with Gasteiger partial charge in [0.2, 0.25) is 0 Å². The Hall–Kier alpha value is -1.55. The number of hydrogen-bond donors (Lipinski definition) is 0. The fraction of sp³-hybridized carbons (Fsp3) is 0.250. The van der Waals surface area contributed by atoms with Gasteiger partial charge in [0.25, 0.3) is 0 Å². The molecule has 0 bridgehead atoms. The Bertz CT molecular complexity index is 519. The zero-order valence-corrected chi connectivity index (χ0v) is 10.0. The summed E-state index contributed by atoms with van der Waals surface area (Å²) in [7, 11) is 0. The molecule has 2 rings (SSSR count). The van der Waals surface area contributed by atoms with E-state index in [4.69, 9.17) is 0 Å². The first kappa shape index (κ1) is 11.0. The van der Waals surface area contributed by atoms with E-state index in [1.165, 1.54) is 11.3 Å². The summed E-state index contributed by atoms with van der Waals surface area (Å²) in [6.45, 7) is 3.86. The number of thiazole rings is 1. The monoisotopic (exact) mass is 232 g/mol. The molecular weight excluding hydrogens is 220 g/mol. The van der Waals surface area contributed by atoms with Crippen molar-refractivity contribution in [1.29, 1.82) is 0 Å². The van der Waals surface area contributed by atoms with Crippen molar-refractivity contribution in [3.8, 4) is 0 Å². The highest BCUT2D eigenvalue weighted by molar-refractivity contribution is 7.09. The van der Waals surface area contributed by atoms with Gasteiger partial charge in [0.05, 0.1) is 17.1 Å². The fourth-order valence-electron chi connectivity index (χ4n) is 1.44. The number of carbonyl (C=O) groups is 1. The van der Waals surface area contributed by atoms with Gasteiger partial charge in [-0.2, -0.15) is 0 Å². The van der Waals surface area contributed by atoms with Crippen molar-refractivity contribution < 1.29 is 4.79 Å². The van der Waals surface area contributed by atoms with Gasteiger partial charge in [-0.15, -0.1) is 11.3 Å². The molecule has 0 aromatic carbocycles. The molecule has 0 amide bonds. The Morgan fingerprint density at radius 2 is 2.25 bits per heavy atom.